The molecule has 0 bridgehead atoms. The summed E-state index contributed by atoms with van der Waals surface area (Å²) in [6.45, 7) is 2.29. The van der Waals surface area contributed by atoms with Gasteiger partial charge in [0.1, 0.15) is 5.82 Å². The van der Waals surface area contributed by atoms with E-state index in [0.717, 1.165) is 24.5 Å². The highest BCUT2D eigenvalue weighted by Crippen LogP contribution is 2.27. The van der Waals surface area contributed by atoms with E-state index in [1.807, 2.05) is 31.1 Å². The monoisotopic (exact) mass is 303 g/mol. The summed E-state index contributed by atoms with van der Waals surface area (Å²) >= 11 is 0. The Morgan fingerprint density at radius 3 is 2.86 bits per heavy atom. The van der Waals surface area contributed by atoms with Crippen LogP contribution in [0.3, 0.4) is 0 Å². The number of carbonyl (C=O) groups excluding carboxylic acids is 1. The molecule has 0 spiro atoms. The molecule has 2 aliphatic rings. The second-order valence-electron chi connectivity index (χ2n) is 6.39. The number of pyridine rings is 1. The van der Waals surface area contributed by atoms with Crippen molar-refractivity contribution >= 4 is 17.5 Å². The average Bonchev–Trinajstić information content (AvgIpc) is 2.91. The van der Waals surface area contributed by atoms with Gasteiger partial charge in [-0.1, -0.05) is 6.42 Å². The Morgan fingerprint density at radius 1 is 1.27 bits per heavy atom. The summed E-state index contributed by atoms with van der Waals surface area (Å²) in [6, 6.07) is 4.44. The van der Waals surface area contributed by atoms with Crippen molar-refractivity contribution in [2.24, 2.45) is 0 Å². The molecule has 6 nitrogen and oxygen atoms in total. The maximum atomic E-state index is 12.2. The number of nitrogens with zero attached hydrogens (tertiary/aromatic N) is 3. The minimum absolute atomic E-state index is 0.128. The van der Waals surface area contributed by atoms with Gasteiger partial charge >= 0.3 is 6.03 Å². The summed E-state index contributed by atoms with van der Waals surface area (Å²) in [5, 5.41) is 6.01. The van der Waals surface area contributed by atoms with Crippen LogP contribution in [0.1, 0.15) is 25.7 Å². The summed E-state index contributed by atoms with van der Waals surface area (Å²) in [5.41, 5.74) is 0.724. The highest BCUT2D eigenvalue weighted by Gasteiger charge is 2.36. The number of hydrogen-bond donors (Lipinski definition) is 2. The van der Waals surface area contributed by atoms with Crippen molar-refractivity contribution in [2.45, 2.75) is 37.8 Å². The van der Waals surface area contributed by atoms with Gasteiger partial charge in [0.05, 0.1) is 11.9 Å². The summed E-state index contributed by atoms with van der Waals surface area (Å²) in [4.78, 5) is 20.9. The van der Waals surface area contributed by atoms with Crippen LogP contribution >= 0.6 is 0 Å². The normalized spacial score (nSPS) is 24.6. The Kier molecular flexibility index (Phi) is 4.47. The molecule has 2 N–H and O–H groups in total. The average molecular weight is 303 g/mol. The molecular weight excluding hydrogens is 278 g/mol. The van der Waals surface area contributed by atoms with Crippen LogP contribution in [-0.4, -0.2) is 55.2 Å². The van der Waals surface area contributed by atoms with Crippen LogP contribution in [0.25, 0.3) is 0 Å². The van der Waals surface area contributed by atoms with E-state index in [2.05, 4.69) is 20.5 Å². The number of hydrogen-bond acceptors (Lipinski definition) is 4. The lowest BCUT2D eigenvalue weighted by Gasteiger charge is -2.32. The van der Waals surface area contributed by atoms with Crippen molar-refractivity contribution < 1.29 is 4.79 Å². The SMILES string of the molecule is CN(C)c1ccc(NC(=O)NC2CCN3CCCCC23)cn1. The number of piperidine rings is 1. The van der Waals surface area contributed by atoms with Crippen molar-refractivity contribution in [3.63, 3.8) is 0 Å². The molecule has 2 saturated heterocycles. The molecule has 0 aliphatic carbocycles. The van der Waals surface area contributed by atoms with Crippen molar-refractivity contribution in [3.8, 4) is 0 Å². The van der Waals surface area contributed by atoms with Gasteiger partial charge in [-0.05, 0) is 37.9 Å². The van der Waals surface area contributed by atoms with Gasteiger partial charge in [0.25, 0.3) is 0 Å². The van der Waals surface area contributed by atoms with Gasteiger partial charge in [0.2, 0.25) is 0 Å². The first-order valence-electron chi connectivity index (χ1n) is 8.08. The molecule has 120 valence electrons. The van der Waals surface area contributed by atoms with Crippen LogP contribution in [0, 0.1) is 0 Å². The lowest BCUT2D eigenvalue weighted by atomic mass is 9.99. The second-order valence-corrected chi connectivity index (χ2v) is 6.39. The smallest absolute Gasteiger partial charge is 0.319 e. The zero-order valence-corrected chi connectivity index (χ0v) is 13.4. The summed E-state index contributed by atoms with van der Waals surface area (Å²) in [5.74, 6) is 0.875. The fourth-order valence-corrected chi connectivity index (χ4v) is 3.48. The van der Waals surface area contributed by atoms with Gasteiger partial charge < -0.3 is 15.5 Å². The number of fused-ring (bicyclic) bond motifs is 1. The summed E-state index contributed by atoms with van der Waals surface area (Å²) in [6.07, 6.45) is 6.51. The van der Waals surface area contributed by atoms with Gasteiger partial charge in [0.15, 0.2) is 0 Å². The van der Waals surface area contributed by atoms with E-state index in [4.69, 9.17) is 0 Å². The third-order valence-corrected chi connectivity index (χ3v) is 4.64. The van der Waals surface area contributed by atoms with Crippen molar-refractivity contribution in [3.05, 3.63) is 18.3 Å². The predicted molar refractivity (Wildman–Crippen MR) is 88.3 cm³/mol. The van der Waals surface area contributed by atoms with Crippen molar-refractivity contribution in [1.82, 2.24) is 15.2 Å². The molecule has 2 unspecified atom stereocenters. The number of amides is 2. The Labute approximate surface area is 131 Å². The first-order chi connectivity index (χ1) is 10.6. The largest absolute Gasteiger partial charge is 0.363 e. The number of anilines is 2. The maximum absolute atomic E-state index is 12.2. The molecule has 2 fully saturated rings. The number of urea groups is 1. The van der Waals surface area contributed by atoms with E-state index in [9.17, 15) is 4.79 Å². The fraction of sp³-hybridized carbons (Fsp3) is 0.625. The number of nitrogens with one attached hydrogen (secondary N) is 2. The number of carbonyl (C=O) groups is 1. The zero-order valence-electron chi connectivity index (χ0n) is 13.4. The van der Waals surface area contributed by atoms with Crippen LogP contribution in [-0.2, 0) is 0 Å². The van der Waals surface area contributed by atoms with E-state index < -0.39 is 0 Å². The zero-order chi connectivity index (χ0) is 15.5. The van der Waals surface area contributed by atoms with E-state index in [-0.39, 0.29) is 12.1 Å². The molecule has 1 aromatic heterocycles. The van der Waals surface area contributed by atoms with Crippen LogP contribution < -0.4 is 15.5 Å². The molecule has 22 heavy (non-hydrogen) atoms. The third-order valence-electron chi connectivity index (χ3n) is 4.64. The van der Waals surface area contributed by atoms with Crippen LogP contribution in [0.15, 0.2) is 18.3 Å². The molecule has 2 atom stereocenters. The molecule has 0 saturated carbocycles. The van der Waals surface area contributed by atoms with E-state index >= 15 is 0 Å². The molecule has 2 aliphatic heterocycles. The van der Waals surface area contributed by atoms with Gasteiger partial charge in [-0.3, -0.25) is 4.90 Å². The maximum Gasteiger partial charge on any atom is 0.319 e. The molecule has 3 heterocycles. The molecule has 0 radical (unpaired) electrons. The Bertz CT molecular complexity index is 516. The topological polar surface area (TPSA) is 60.5 Å². The predicted octanol–water partition coefficient (Wildman–Crippen LogP) is 1.90. The number of aromatic nitrogens is 1. The van der Waals surface area contributed by atoms with Crippen LogP contribution in [0.4, 0.5) is 16.3 Å². The second kappa shape index (κ2) is 6.52. The molecule has 3 rings (SSSR count). The van der Waals surface area contributed by atoms with Crippen molar-refractivity contribution in [2.75, 3.05) is 37.4 Å². The minimum Gasteiger partial charge on any atom is -0.363 e. The third kappa shape index (κ3) is 3.32. The Hall–Kier alpha value is -1.82. The van der Waals surface area contributed by atoms with Crippen LogP contribution in [0.2, 0.25) is 0 Å². The highest BCUT2D eigenvalue weighted by atomic mass is 16.2. The lowest BCUT2D eigenvalue weighted by Crippen LogP contribution is -2.47. The van der Waals surface area contributed by atoms with Gasteiger partial charge in [-0.15, -0.1) is 0 Å². The van der Waals surface area contributed by atoms with E-state index in [1.54, 1.807) is 6.20 Å². The molecule has 2 amide bonds. The van der Waals surface area contributed by atoms with Crippen molar-refractivity contribution in [1.29, 1.82) is 0 Å². The van der Waals surface area contributed by atoms with Crippen LogP contribution in [0.5, 0.6) is 0 Å². The molecule has 1 aromatic rings. The lowest BCUT2D eigenvalue weighted by molar-refractivity contribution is 0.180. The number of rotatable bonds is 3. The molecule has 6 heteroatoms. The summed E-state index contributed by atoms with van der Waals surface area (Å²) < 4.78 is 0. The highest BCUT2D eigenvalue weighted by molar-refractivity contribution is 5.89. The minimum atomic E-state index is -0.128. The van der Waals surface area contributed by atoms with Gasteiger partial charge in [-0.25, -0.2) is 9.78 Å². The molecular formula is C16H25N5O. The Balaban J connectivity index is 1.54. The first kappa shape index (κ1) is 15.1. The molecule has 0 aromatic carbocycles. The standard InChI is InChI=1S/C16H25N5O/c1-20(2)15-7-6-12(11-17-15)18-16(22)19-13-8-10-21-9-4-3-5-14(13)21/h6-7,11,13-14H,3-5,8-10H2,1-2H3,(H2,18,19,22). The summed E-state index contributed by atoms with van der Waals surface area (Å²) in [7, 11) is 3.89. The first-order valence-corrected chi connectivity index (χ1v) is 8.08. The van der Waals surface area contributed by atoms with Gasteiger partial charge in [-0.2, -0.15) is 0 Å². The van der Waals surface area contributed by atoms with E-state index in [0.29, 0.717) is 6.04 Å². The van der Waals surface area contributed by atoms with Gasteiger partial charge in [0, 0.05) is 32.7 Å². The van der Waals surface area contributed by atoms with E-state index in [1.165, 1.54) is 25.8 Å². The fourth-order valence-electron chi connectivity index (χ4n) is 3.48. The Morgan fingerprint density at radius 2 is 2.14 bits per heavy atom. The quantitative estimate of drug-likeness (QED) is 0.895.